The van der Waals surface area contributed by atoms with E-state index in [1.54, 1.807) is 32.2 Å². The zero-order chi connectivity index (χ0) is 18.6. The first-order valence-electron chi connectivity index (χ1n) is 8.94. The summed E-state index contributed by atoms with van der Waals surface area (Å²) >= 11 is 0. The summed E-state index contributed by atoms with van der Waals surface area (Å²) in [5, 5.41) is 0. The van der Waals surface area contributed by atoms with Crippen molar-refractivity contribution in [1.82, 2.24) is 9.62 Å². The Kier molecular flexibility index (Phi) is 5.96. The lowest BCUT2D eigenvalue weighted by atomic mass is 10.1. The average Bonchev–Trinajstić information content (AvgIpc) is 3.16. The summed E-state index contributed by atoms with van der Waals surface area (Å²) in [5.74, 6) is 0.653. The molecule has 0 aromatic heterocycles. The van der Waals surface area contributed by atoms with E-state index in [1.807, 2.05) is 18.2 Å². The van der Waals surface area contributed by atoms with Gasteiger partial charge in [0.05, 0.1) is 12.0 Å². The van der Waals surface area contributed by atoms with Crippen LogP contribution >= 0.6 is 0 Å². The lowest BCUT2D eigenvalue weighted by Gasteiger charge is -2.28. The number of nitrogens with zero attached hydrogens (tertiary/aromatic N) is 1. The highest BCUT2D eigenvalue weighted by Crippen LogP contribution is 2.26. The molecular weight excluding hydrogens is 348 g/mol. The molecule has 6 heteroatoms. The van der Waals surface area contributed by atoms with Crippen LogP contribution in [0.5, 0.6) is 5.75 Å². The van der Waals surface area contributed by atoms with Crippen LogP contribution in [0.1, 0.15) is 30.0 Å². The molecule has 1 unspecified atom stereocenters. The standard InChI is InChI=1S/C20H26N2O3S/c1-16-14-18(25-2)10-11-20(16)26(23,24)21-15-19(22-12-6-7-13-22)17-8-4-3-5-9-17/h3-5,8-11,14,19,21H,6-7,12-13,15H2,1-2H3. The minimum absolute atomic E-state index is 0.0482. The predicted molar refractivity (Wildman–Crippen MR) is 103 cm³/mol. The number of sulfonamides is 1. The van der Waals surface area contributed by atoms with Gasteiger partial charge in [0.1, 0.15) is 5.75 Å². The number of methoxy groups -OCH3 is 1. The van der Waals surface area contributed by atoms with Crippen molar-refractivity contribution < 1.29 is 13.2 Å². The van der Waals surface area contributed by atoms with Crippen LogP contribution < -0.4 is 9.46 Å². The van der Waals surface area contributed by atoms with Crippen molar-refractivity contribution in [2.45, 2.75) is 30.7 Å². The van der Waals surface area contributed by atoms with Gasteiger partial charge >= 0.3 is 0 Å². The van der Waals surface area contributed by atoms with E-state index in [9.17, 15) is 8.42 Å². The fourth-order valence-corrected chi connectivity index (χ4v) is 4.77. The maximum atomic E-state index is 12.8. The molecule has 1 saturated heterocycles. The van der Waals surface area contributed by atoms with Crippen LogP contribution in [0.2, 0.25) is 0 Å². The molecule has 0 aliphatic carbocycles. The third kappa shape index (κ3) is 4.26. The van der Waals surface area contributed by atoms with Crippen molar-refractivity contribution in [2.24, 2.45) is 0 Å². The number of aryl methyl sites for hydroxylation is 1. The molecule has 0 saturated carbocycles. The first-order chi connectivity index (χ1) is 12.5. The molecule has 1 aliphatic heterocycles. The first-order valence-corrected chi connectivity index (χ1v) is 10.4. The predicted octanol–water partition coefficient (Wildman–Crippen LogP) is 3.12. The largest absolute Gasteiger partial charge is 0.497 e. The van der Waals surface area contributed by atoms with Gasteiger partial charge in [0.25, 0.3) is 0 Å². The molecule has 2 aromatic rings. The van der Waals surface area contributed by atoms with E-state index < -0.39 is 10.0 Å². The second kappa shape index (κ2) is 8.20. The van der Waals surface area contributed by atoms with E-state index in [0.29, 0.717) is 22.8 Å². The Balaban J connectivity index is 1.79. The van der Waals surface area contributed by atoms with E-state index in [2.05, 4.69) is 21.8 Å². The van der Waals surface area contributed by atoms with Crippen LogP contribution in [0.4, 0.5) is 0 Å². The average molecular weight is 375 g/mol. The topological polar surface area (TPSA) is 58.6 Å². The van der Waals surface area contributed by atoms with Crippen molar-refractivity contribution in [3.05, 3.63) is 59.7 Å². The Morgan fingerprint density at radius 2 is 1.81 bits per heavy atom. The van der Waals surface area contributed by atoms with Crippen LogP contribution in [-0.2, 0) is 10.0 Å². The number of nitrogens with one attached hydrogen (secondary N) is 1. The van der Waals surface area contributed by atoms with Gasteiger partial charge in [0.2, 0.25) is 10.0 Å². The van der Waals surface area contributed by atoms with Gasteiger partial charge in [-0.1, -0.05) is 30.3 Å². The molecule has 1 aliphatic rings. The normalized spacial score (nSPS) is 16.5. The smallest absolute Gasteiger partial charge is 0.240 e. The minimum Gasteiger partial charge on any atom is -0.497 e. The molecule has 1 fully saturated rings. The second-order valence-electron chi connectivity index (χ2n) is 6.65. The highest BCUT2D eigenvalue weighted by molar-refractivity contribution is 7.89. The van der Waals surface area contributed by atoms with Gasteiger partial charge in [-0.25, -0.2) is 13.1 Å². The van der Waals surface area contributed by atoms with Gasteiger partial charge in [0.15, 0.2) is 0 Å². The molecule has 1 atom stereocenters. The Morgan fingerprint density at radius 1 is 1.12 bits per heavy atom. The molecular formula is C20H26N2O3S. The summed E-state index contributed by atoms with van der Waals surface area (Å²) in [5.41, 5.74) is 1.82. The van der Waals surface area contributed by atoms with Crippen LogP contribution in [-0.4, -0.2) is 40.1 Å². The van der Waals surface area contributed by atoms with Crippen molar-refractivity contribution in [3.63, 3.8) is 0 Å². The van der Waals surface area contributed by atoms with E-state index in [1.165, 1.54) is 0 Å². The first kappa shape index (κ1) is 18.9. The van der Waals surface area contributed by atoms with Gasteiger partial charge < -0.3 is 4.74 Å². The summed E-state index contributed by atoms with van der Waals surface area (Å²) in [6.45, 7) is 4.15. The zero-order valence-corrected chi connectivity index (χ0v) is 16.1. The van der Waals surface area contributed by atoms with Crippen molar-refractivity contribution >= 4 is 10.0 Å². The van der Waals surface area contributed by atoms with E-state index in [-0.39, 0.29) is 6.04 Å². The quantitative estimate of drug-likeness (QED) is 0.809. The number of hydrogen-bond acceptors (Lipinski definition) is 4. The summed E-state index contributed by atoms with van der Waals surface area (Å²) in [6, 6.07) is 15.2. The molecule has 0 amide bonds. The molecule has 140 valence electrons. The third-order valence-electron chi connectivity index (χ3n) is 4.90. The lowest BCUT2D eigenvalue weighted by molar-refractivity contribution is 0.246. The molecule has 0 spiro atoms. The van der Waals surface area contributed by atoms with E-state index in [4.69, 9.17) is 4.74 Å². The molecule has 0 bridgehead atoms. The van der Waals surface area contributed by atoms with Crippen LogP contribution in [0.3, 0.4) is 0 Å². The fourth-order valence-electron chi connectivity index (χ4n) is 3.50. The SMILES string of the molecule is COc1ccc(S(=O)(=O)NCC(c2ccccc2)N2CCCC2)c(C)c1. The number of likely N-dealkylation sites (tertiary alicyclic amines) is 1. The molecule has 3 rings (SSSR count). The zero-order valence-electron chi connectivity index (χ0n) is 15.3. The van der Waals surface area contributed by atoms with Gasteiger partial charge in [-0.2, -0.15) is 0 Å². The maximum Gasteiger partial charge on any atom is 0.240 e. The Hall–Kier alpha value is -1.89. The summed E-state index contributed by atoms with van der Waals surface area (Å²) in [6.07, 6.45) is 2.32. The number of hydrogen-bond donors (Lipinski definition) is 1. The molecule has 1 heterocycles. The number of ether oxygens (including phenoxy) is 1. The molecule has 1 N–H and O–H groups in total. The minimum atomic E-state index is -3.58. The van der Waals surface area contributed by atoms with Crippen LogP contribution in [0.15, 0.2) is 53.4 Å². The summed E-state index contributed by atoms with van der Waals surface area (Å²) in [7, 11) is -2.01. The second-order valence-corrected chi connectivity index (χ2v) is 8.39. The molecule has 5 nitrogen and oxygen atoms in total. The van der Waals surface area contributed by atoms with Crippen LogP contribution in [0.25, 0.3) is 0 Å². The van der Waals surface area contributed by atoms with Gasteiger partial charge in [-0.3, -0.25) is 4.90 Å². The Morgan fingerprint density at radius 3 is 2.42 bits per heavy atom. The van der Waals surface area contributed by atoms with E-state index >= 15 is 0 Å². The lowest BCUT2D eigenvalue weighted by Crippen LogP contribution is -2.37. The summed E-state index contributed by atoms with van der Waals surface area (Å²) < 4.78 is 33.6. The number of rotatable bonds is 7. The van der Waals surface area contributed by atoms with Gasteiger partial charge in [-0.05, 0) is 62.2 Å². The molecule has 26 heavy (non-hydrogen) atoms. The fraction of sp³-hybridized carbons (Fsp3) is 0.400. The van der Waals surface area contributed by atoms with Crippen molar-refractivity contribution in [2.75, 3.05) is 26.7 Å². The summed E-state index contributed by atoms with van der Waals surface area (Å²) in [4.78, 5) is 2.66. The van der Waals surface area contributed by atoms with E-state index in [0.717, 1.165) is 31.5 Å². The van der Waals surface area contributed by atoms with Gasteiger partial charge in [0, 0.05) is 12.6 Å². The maximum absolute atomic E-state index is 12.8. The molecule has 2 aromatic carbocycles. The highest BCUT2D eigenvalue weighted by Gasteiger charge is 2.26. The number of benzene rings is 2. The third-order valence-corrected chi connectivity index (χ3v) is 6.49. The highest BCUT2D eigenvalue weighted by atomic mass is 32.2. The van der Waals surface area contributed by atoms with Crippen molar-refractivity contribution in [3.8, 4) is 5.75 Å². The Bertz CT molecular complexity index is 831. The van der Waals surface area contributed by atoms with Crippen LogP contribution in [0, 0.1) is 6.92 Å². The Labute approximate surface area is 156 Å². The monoisotopic (exact) mass is 374 g/mol. The molecule has 0 radical (unpaired) electrons. The van der Waals surface area contributed by atoms with Crippen molar-refractivity contribution in [1.29, 1.82) is 0 Å². The van der Waals surface area contributed by atoms with Gasteiger partial charge in [-0.15, -0.1) is 0 Å².